The maximum atomic E-state index is 13.5. The maximum Gasteiger partial charge on any atom is 0.292 e. The van der Waals surface area contributed by atoms with Crippen molar-refractivity contribution in [1.29, 1.82) is 0 Å². The monoisotopic (exact) mass is 418 g/mol. The molecule has 1 saturated heterocycles. The van der Waals surface area contributed by atoms with E-state index >= 15 is 0 Å². The molecule has 0 unspecified atom stereocenters. The van der Waals surface area contributed by atoms with Gasteiger partial charge in [-0.3, -0.25) is 14.6 Å². The molecular weight excluding hydrogens is 392 g/mol. The number of piperidine rings is 1. The first-order valence-corrected chi connectivity index (χ1v) is 10.4. The minimum absolute atomic E-state index is 0.0311. The predicted octanol–water partition coefficient (Wildman–Crippen LogP) is 3.29. The lowest BCUT2D eigenvalue weighted by Crippen LogP contribution is -2.54. The largest absolute Gasteiger partial charge is 0.351 e. The van der Waals surface area contributed by atoms with Crippen molar-refractivity contribution in [1.82, 2.24) is 19.9 Å². The highest BCUT2D eigenvalue weighted by atomic mass is 16.5. The van der Waals surface area contributed by atoms with Crippen molar-refractivity contribution in [2.24, 2.45) is 5.41 Å². The molecule has 1 aliphatic rings. The first kappa shape index (κ1) is 20.8. The summed E-state index contributed by atoms with van der Waals surface area (Å²) in [5.74, 6) is 0.00102. The van der Waals surface area contributed by atoms with Crippen LogP contribution in [0.3, 0.4) is 0 Å². The second kappa shape index (κ2) is 8.71. The van der Waals surface area contributed by atoms with E-state index in [0.717, 1.165) is 23.1 Å². The Morgan fingerprint density at radius 3 is 2.68 bits per heavy atom. The number of nitrogens with zero attached hydrogens (tertiary/aromatic N) is 4. The first-order chi connectivity index (χ1) is 15.0. The predicted molar refractivity (Wildman–Crippen MR) is 116 cm³/mol. The van der Waals surface area contributed by atoms with E-state index in [2.05, 4.69) is 22.3 Å². The normalized spacial score (nSPS) is 18.6. The summed E-state index contributed by atoms with van der Waals surface area (Å²) < 4.78 is 5.08. The molecule has 4 rings (SSSR count). The van der Waals surface area contributed by atoms with Crippen LogP contribution in [0, 0.1) is 5.41 Å². The van der Waals surface area contributed by atoms with E-state index in [9.17, 15) is 9.59 Å². The zero-order valence-corrected chi connectivity index (χ0v) is 17.8. The summed E-state index contributed by atoms with van der Waals surface area (Å²) in [6.45, 7) is 0.928. The molecule has 7 heteroatoms. The van der Waals surface area contributed by atoms with Crippen LogP contribution in [-0.2, 0) is 11.2 Å². The van der Waals surface area contributed by atoms with E-state index in [1.165, 1.54) is 6.20 Å². The molecule has 2 amide bonds. The van der Waals surface area contributed by atoms with Crippen molar-refractivity contribution in [3.8, 4) is 11.1 Å². The Bertz CT molecular complexity index is 1050. The van der Waals surface area contributed by atoms with E-state index in [1.807, 2.05) is 30.5 Å². The van der Waals surface area contributed by atoms with Gasteiger partial charge in [-0.25, -0.2) is 0 Å². The summed E-state index contributed by atoms with van der Waals surface area (Å²) in [6, 6.07) is 13.6. The second-order valence-electron chi connectivity index (χ2n) is 8.26. The number of benzene rings is 1. The van der Waals surface area contributed by atoms with E-state index < -0.39 is 5.41 Å². The molecule has 0 spiro atoms. The molecule has 0 saturated carbocycles. The van der Waals surface area contributed by atoms with Gasteiger partial charge in [-0.05, 0) is 36.5 Å². The Balaban J connectivity index is 1.70. The second-order valence-corrected chi connectivity index (χ2v) is 8.26. The standard InChI is InChI=1S/C24H26N4O3/c1-27(2)23(30)24(11-6-14-28(17-24)22(29)21-10-13-26-31-21)15-18-7-3-4-9-20(18)19-8-5-12-25-16-19/h3-5,7-10,12-13,16H,6,11,14-15,17H2,1-2H3/t24-/m1/s1. The molecule has 3 aromatic rings. The summed E-state index contributed by atoms with van der Waals surface area (Å²) in [5, 5.41) is 3.65. The molecule has 7 nitrogen and oxygen atoms in total. The minimum Gasteiger partial charge on any atom is -0.351 e. The lowest BCUT2D eigenvalue weighted by molar-refractivity contribution is -0.142. The molecule has 2 aromatic heterocycles. The number of likely N-dealkylation sites (tertiary alicyclic amines) is 1. The third kappa shape index (κ3) is 4.21. The highest BCUT2D eigenvalue weighted by molar-refractivity contribution is 5.92. The van der Waals surface area contributed by atoms with Gasteiger partial charge in [0.1, 0.15) is 0 Å². The van der Waals surface area contributed by atoms with Crippen molar-refractivity contribution in [2.75, 3.05) is 27.2 Å². The van der Waals surface area contributed by atoms with Crippen LogP contribution in [-0.4, -0.2) is 58.9 Å². The fourth-order valence-corrected chi connectivity index (χ4v) is 4.50. The number of hydrogen-bond acceptors (Lipinski definition) is 5. The number of pyridine rings is 1. The number of hydrogen-bond donors (Lipinski definition) is 0. The zero-order valence-electron chi connectivity index (χ0n) is 17.8. The van der Waals surface area contributed by atoms with Crippen LogP contribution in [0.2, 0.25) is 0 Å². The smallest absolute Gasteiger partial charge is 0.292 e. The van der Waals surface area contributed by atoms with Gasteiger partial charge in [-0.2, -0.15) is 0 Å². The summed E-state index contributed by atoms with van der Waals surface area (Å²) in [4.78, 5) is 34.0. The van der Waals surface area contributed by atoms with Gasteiger partial charge in [0.05, 0.1) is 11.6 Å². The fourth-order valence-electron chi connectivity index (χ4n) is 4.50. The Morgan fingerprint density at radius 2 is 1.97 bits per heavy atom. The molecule has 0 bridgehead atoms. The van der Waals surface area contributed by atoms with Gasteiger partial charge < -0.3 is 14.3 Å². The van der Waals surface area contributed by atoms with Gasteiger partial charge in [0.25, 0.3) is 5.91 Å². The molecule has 160 valence electrons. The van der Waals surface area contributed by atoms with Gasteiger partial charge in [-0.1, -0.05) is 35.5 Å². The number of amides is 2. The molecule has 31 heavy (non-hydrogen) atoms. The van der Waals surface area contributed by atoms with Gasteiger partial charge in [-0.15, -0.1) is 0 Å². The topological polar surface area (TPSA) is 79.5 Å². The Labute approximate surface area is 181 Å². The summed E-state index contributed by atoms with van der Waals surface area (Å²) in [7, 11) is 3.54. The van der Waals surface area contributed by atoms with Crippen LogP contribution in [0.15, 0.2) is 65.6 Å². The Hall–Kier alpha value is -3.48. The molecule has 1 atom stereocenters. The van der Waals surface area contributed by atoms with Crippen LogP contribution < -0.4 is 0 Å². The number of aromatic nitrogens is 2. The zero-order chi connectivity index (χ0) is 21.8. The Morgan fingerprint density at radius 1 is 1.13 bits per heavy atom. The lowest BCUT2D eigenvalue weighted by atomic mass is 9.73. The molecule has 0 aliphatic carbocycles. The molecule has 1 fully saturated rings. The van der Waals surface area contributed by atoms with Gasteiger partial charge in [0.15, 0.2) is 0 Å². The van der Waals surface area contributed by atoms with Crippen LogP contribution in [0.1, 0.15) is 29.0 Å². The van der Waals surface area contributed by atoms with Crippen molar-refractivity contribution in [3.05, 3.63) is 72.4 Å². The van der Waals surface area contributed by atoms with E-state index in [0.29, 0.717) is 25.9 Å². The first-order valence-electron chi connectivity index (χ1n) is 10.4. The fraction of sp³-hybridized carbons (Fsp3) is 0.333. The van der Waals surface area contributed by atoms with Crippen LogP contribution >= 0.6 is 0 Å². The Kier molecular flexibility index (Phi) is 5.84. The number of carbonyl (C=O) groups excluding carboxylic acids is 2. The van der Waals surface area contributed by atoms with Gasteiger partial charge in [0, 0.05) is 51.2 Å². The highest BCUT2D eigenvalue weighted by Crippen LogP contribution is 2.38. The van der Waals surface area contributed by atoms with Crippen LogP contribution in [0.5, 0.6) is 0 Å². The molecule has 0 N–H and O–H groups in total. The van der Waals surface area contributed by atoms with E-state index in [-0.39, 0.29) is 17.6 Å². The van der Waals surface area contributed by atoms with Crippen molar-refractivity contribution >= 4 is 11.8 Å². The molecule has 0 radical (unpaired) electrons. The molecule has 3 heterocycles. The summed E-state index contributed by atoms with van der Waals surface area (Å²) >= 11 is 0. The summed E-state index contributed by atoms with van der Waals surface area (Å²) in [6.07, 6.45) is 7.03. The molecule has 1 aliphatic heterocycles. The van der Waals surface area contributed by atoms with Crippen molar-refractivity contribution < 1.29 is 14.1 Å². The highest BCUT2D eigenvalue weighted by Gasteiger charge is 2.45. The molecular formula is C24H26N4O3. The average Bonchev–Trinajstić information content (AvgIpc) is 3.34. The van der Waals surface area contributed by atoms with Crippen LogP contribution in [0.4, 0.5) is 0 Å². The lowest BCUT2D eigenvalue weighted by Gasteiger charge is -2.43. The minimum atomic E-state index is -0.713. The van der Waals surface area contributed by atoms with E-state index in [1.54, 1.807) is 36.2 Å². The van der Waals surface area contributed by atoms with Crippen LogP contribution in [0.25, 0.3) is 11.1 Å². The SMILES string of the molecule is CN(C)C(=O)[C@@]1(Cc2ccccc2-c2cccnc2)CCCN(C(=O)c2ccno2)C1. The maximum absolute atomic E-state index is 13.5. The van der Waals surface area contributed by atoms with Crippen molar-refractivity contribution in [2.45, 2.75) is 19.3 Å². The third-order valence-corrected chi connectivity index (χ3v) is 5.89. The van der Waals surface area contributed by atoms with Gasteiger partial charge >= 0.3 is 0 Å². The summed E-state index contributed by atoms with van der Waals surface area (Å²) in [5.41, 5.74) is 2.42. The average molecular weight is 418 g/mol. The third-order valence-electron chi connectivity index (χ3n) is 5.89. The molecule has 1 aromatic carbocycles. The number of rotatable bonds is 5. The number of carbonyl (C=O) groups is 2. The van der Waals surface area contributed by atoms with Gasteiger partial charge in [0.2, 0.25) is 11.7 Å². The quantitative estimate of drug-likeness (QED) is 0.635. The van der Waals surface area contributed by atoms with E-state index in [4.69, 9.17) is 4.52 Å². The van der Waals surface area contributed by atoms with Crippen molar-refractivity contribution in [3.63, 3.8) is 0 Å².